The summed E-state index contributed by atoms with van der Waals surface area (Å²) in [5, 5.41) is 4.31. The molecule has 2 aromatic heterocycles. The Morgan fingerprint density at radius 3 is 2.61 bits per heavy atom. The summed E-state index contributed by atoms with van der Waals surface area (Å²) in [5.41, 5.74) is 2.66. The topological polar surface area (TPSA) is 72.6 Å². The van der Waals surface area contributed by atoms with Crippen molar-refractivity contribution in [3.05, 3.63) is 48.3 Å². The van der Waals surface area contributed by atoms with Crippen LogP contribution in [0.5, 0.6) is 0 Å². The predicted molar refractivity (Wildman–Crippen MR) is 104 cm³/mol. The van der Waals surface area contributed by atoms with E-state index in [0.29, 0.717) is 23.4 Å². The fraction of sp³-hybridized carbons (Fsp3) is 0.524. The molecule has 0 radical (unpaired) electrons. The Kier molecular flexibility index (Phi) is 3.82. The van der Waals surface area contributed by atoms with Crippen LogP contribution in [0.25, 0.3) is 0 Å². The van der Waals surface area contributed by atoms with Crippen molar-refractivity contribution in [3.63, 3.8) is 0 Å². The van der Waals surface area contributed by atoms with Gasteiger partial charge in [0.2, 0.25) is 0 Å². The summed E-state index contributed by atoms with van der Waals surface area (Å²) < 4.78 is 1.98. The number of nitrogens with zero attached hydrogens (tertiary/aromatic N) is 5. The van der Waals surface area contributed by atoms with E-state index in [1.165, 1.54) is 5.71 Å². The maximum Gasteiger partial charge on any atom is 0.274 e. The number of rotatable bonds is 4. The molecule has 1 saturated carbocycles. The number of piperidine rings is 1. The molecule has 0 N–H and O–H groups in total. The lowest BCUT2D eigenvalue weighted by Crippen LogP contribution is -2.33. The summed E-state index contributed by atoms with van der Waals surface area (Å²) in [6.45, 7) is 7.81. The van der Waals surface area contributed by atoms with Crippen LogP contribution in [-0.2, 0) is 4.84 Å². The average Bonchev–Trinajstić information content (AvgIpc) is 3.14. The van der Waals surface area contributed by atoms with Crippen LogP contribution in [0.15, 0.2) is 42.2 Å². The van der Waals surface area contributed by atoms with Gasteiger partial charge in [-0.1, -0.05) is 5.16 Å². The molecule has 2 aliphatic heterocycles. The second-order valence-corrected chi connectivity index (χ2v) is 8.84. The summed E-state index contributed by atoms with van der Waals surface area (Å²) >= 11 is 0. The number of carbonyl (C=O) groups excluding carboxylic acids is 1. The first-order valence-electron chi connectivity index (χ1n) is 9.90. The molecular formula is C21H25N5O2. The number of imidazole rings is 1. The molecule has 28 heavy (non-hydrogen) atoms. The molecule has 2 aromatic rings. The first-order valence-corrected chi connectivity index (χ1v) is 9.90. The average molecular weight is 379 g/mol. The molecule has 2 unspecified atom stereocenters. The number of oxime groups is 1. The number of aromatic nitrogens is 3. The van der Waals surface area contributed by atoms with Gasteiger partial charge in [0.05, 0.1) is 18.1 Å². The first-order chi connectivity index (χ1) is 13.4. The fourth-order valence-electron chi connectivity index (χ4n) is 4.68. The quantitative estimate of drug-likeness (QED) is 0.819. The number of likely N-dealkylation sites (tertiary alicyclic amines) is 1. The number of fused-ring (bicyclic) bond motifs is 1. The largest absolute Gasteiger partial charge is 0.389 e. The number of pyridine rings is 1. The van der Waals surface area contributed by atoms with Gasteiger partial charge in [-0.3, -0.25) is 9.78 Å². The molecule has 0 spiro atoms. The summed E-state index contributed by atoms with van der Waals surface area (Å²) in [6.07, 6.45) is 8.05. The van der Waals surface area contributed by atoms with Crippen molar-refractivity contribution in [1.29, 1.82) is 0 Å². The van der Waals surface area contributed by atoms with E-state index in [1.807, 2.05) is 27.8 Å². The Bertz CT molecular complexity index is 923. The third-order valence-corrected chi connectivity index (χ3v) is 6.34. The Morgan fingerprint density at radius 1 is 1.25 bits per heavy atom. The van der Waals surface area contributed by atoms with Gasteiger partial charge in [-0.15, -0.1) is 0 Å². The van der Waals surface area contributed by atoms with Crippen LogP contribution in [-0.4, -0.2) is 49.7 Å². The lowest BCUT2D eigenvalue weighted by Gasteiger charge is -2.19. The SMILES string of the molecule is C[C@@H](c1ccncc1)n1cnc(C(=O)N2CC3C(C2)C3C2=NOC(C)(C)C2)c1. The highest BCUT2D eigenvalue weighted by Crippen LogP contribution is 2.54. The van der Waals surface area contributed by atoms with Crippen molar-refractivity contribution in [2.24, 2.45) is 22.9 Å². The van der Waals surface area contributed by atoms with Gasteiger partial charge in [-0.2, -0.15) is 0 Å². The molecule has 3 aliphatic rings. The third-order valence-electron chi connectivity index (χ3n) is 6.34. The van der Waals surface area contributed by atoms with Crippen LogP contribution >= 0.6 is 0 Å². The second-order valence-electron chi connectivity index (χ2n) is 8.84. The number of hydrogen-bond acceptors (Lipinski definition) is 5. The molecule has 7 heteroatoms. The Morgan fingerprint density at radius 2 is 1.96 bits per heavy atom. The Balaban J connectivity index is 1.22. The zero-order valence-corrected chi connectivity index (χ0v) is 16.4. The molecule has 1 amide bonds. The van der Waals surface area contributed by atoms with Crippen molar-refractivity contribution in [2.45, 2.75) is 38.8 Å². The fourth-order valence-corrected chi connectivity index (χ4v) is 4.68. The van der Waals surface area contributed by atoms with Crippen molar-refractivity contribution >= 4 is 11.6 Å². The minimum absolute atomic E-state index is 0.0246. The summed E-state index contributed by atoms with van der Waals surface area (Å²) in [4.78, 5) is 28.8. The van der Waals surface area contributed by atoms with Crippen LogP contribution in [0, 0.1) is 17.8 Å². The van der Waals surface area contributed by atoms with Crippen LogP contribution in [0.2, 0.25) is 0 Å². The van der Waals surface area contributed by atoms with Gasteiger partial charge in [0.15, 0.2) is 0 Å². The predicted octanol–water partition coefficient (Wildman–Crippen LogP) is 2.76. The van der Waals surface area contributed by atoms with E-state index in [0.717, 1.165) is 25.1 Å². The van der Waals surface area contributed by atoms with Crippen molar-refractivity contribution < 1.29 is 9.63 Å². The molecule has 4 heterocycles. The highest BCUT2D eigenvalue weighted by molar-refractivity contribution is 5.94. The number of carbonyl (C=O) groups is 1. The normalized spacial score (nSPS) is 28.5. The smallest absolute Gasteiger partial charge is 0.274 e. The highest BCUT2D eigenvalue weighted by atomic mass is 16.7. The zero-order chi connectivity index (χ0) is 19.5. The standard InChI is InChI=1S/C21H25N5O2/c1-13(14-4-6-22-7-5-14)26-11-18(23-12-26)20(27)25-9-15-16(10-25)19(15)17-8-21(2,3)28-24-17/h4-7,11-13,15-16,19H,8-10H2,1-3H3/t13-,15?,16?,19?/m0/s1. The Labute approximate surface area is 164 Å². The molecule has 1 saturated heterocycles. The third kappa shape index (κ3) is 2.89. The van der Waals surface area contributed by atoms with Gasteiger partial charge in [0, 0.05) is 44.0 Å². The monoisotopic (exact) mass is 379 g/mol. The first kappa shape index (κ1) is 17.4. The molecule has 146 valence electrons. The van der Waals surface area contributed by atoms with Crippen molar-refractivity contribution in [3.8, 4) is 0 Å². The lowest BCUT2D eigenvalue weighted by molar-refractivity contribution is 0.0123. The van der Waals surface area contributed by atoms with Crippen LogP contribution in [0.4, 0.5) is 0 Å². The molecule has 2 fully saturated rings. The zero-order valence-electron chi connectivity index (χ0n) is 16.4. The van der Waals surface area contributed by atoms with Gasteiger partial charge in [0.1, 0.15) is 11.3 Å². The van der Waals surface area contributed by atoms with Gasteiger partial charge >= 0.3 is 0 Å². The van der Waals surface area contributed by atoms with Crippen LogP contribution in [0.1, 0.15) is 49.3 Å². The van der Waals surface area contributed by atoms with Gasteiger partial charge in [-0.25, -0.2) is 4.98 Å². The Hall–Kier alpha value is -2.70. The minimum atomic E-state index is -0.180. The molecule has 0 bridgehead atoms. The van der Waals surface area contributed by atoms with E-state index in [2.05, 4.69) is 35.9 Å². The second kappa shape index (κ2) is 6.15. The highest BCUT2D eigenvalue weighted by Gasteiger charge is 2.60. The van der Waals surface area contributed by atoms with E-state index < -0.39 is 0 Å². The van der Waals surface area contributed by atoms with Gasteiger partial charge in [-0.05, 0) is 50.3 Å². The number of amides is 1. The van der Waals surface area contributed by atoms with E-state index in [4.69, 9.17) is 4.84 Å². The van der Waals surface area contributed by atoms with E-state index >= 15 is 0 Å². The molecular weight excluding hydrogens is 354 g/mol. The van der Waals surface area contributed by atoms with E-state index in [9.17, 15) is 4.79 Å². The summed E-state index contributed by atoms with van der Waals surface area (Å²) in [6, 6.07) is 4.07. The summed E-state index contributed by atoms with van der Waals surface area (Å²) in [5.74, 6) is 1.57. The number of hydrogen-bond donors (Lipinski definition) is 0. The van der Waals surface area contributed by atoms with Crippen molar-refractivity contribution in [2.75, 3.05) is 13.1 Å². The molecule has 5 rings (SSSR count). The van der Waals surface area contributed by atoms with E-state index in [1.54, 1.807) is 18.7 Å². The van der Waals surface area contributed by atoms with Crippen LogP contribution in [0.3, 0.4) is 0 Å². The lowest BCUT2D eigenvalue weighted by atomic mass is 9.98. The minimum Gasteiger partial charge on any atom is -0.389 e. The maximum atomic E-state index is 12.9. The molecule has 0 aromatic carbocycles. The molecule has 7 nitrogen and oxygen atoms in total. The van der Waals surface area contributed by atoms with Gasteiger partial charge < -0.3 is 14.3 Å². The molecule has 1 aliphatic carbocycles. The molecule has 3 atom stereocenters. The van der Waals surface area contributed by atoms with Gasteiger partial charge in [0.25, 0.3) is 5.91 Å². The van der Waals surface area contributed by atoms with Crippen molar-refractivity contribution in [1.82, 2.24) is 19.4 Å². The summed E-state index contributed by atoms with van der Waals surface area (Å²) in [7, 11) is 0. The van der Waals surface area contributed by atoms with Crippen LogP contribution < -0.4 is 0 Å². The van der Waals surface area contributed by atoms with E-state index in [-0.39, 0.29) is 17.6 Å². The maximum absolute atomic E-state index is 12.9.